The maximum atomic E-state index is 14.3. The van der Waals surface area contributed by atoms with Gasteiger partial charge in [0.2, 0.25) is 5.91 Å². The molecule has 1 aliphatic heterocycles. The first-order valence-electron chi connectivity index (χ1n) is 9.37. The number of halogens is 1. The molecule has 2 fully saturated rings. The highest BCUT2D eigenvalue weighted by Crippen LogP contribution is 2.50. The number of nitrogens with zero attached hydrogens (tertiary/aromatic N) is 3. The third-order valence-corrected chi connectivity index (χ3v) is 6.02. The Morgan fingerprint density at radius 1 is 1.27 bits per heavy atom. The zero-order valence-corrected chi connectivity index (χ0v) is 14.6. The Morgan fingerprint density at radius 2 is 2.04 bits per heavy atom. The highest BCUT2D eigenvalue weighted by molar-refractivity contribution is 5.91. The van der Waals surface area contributed by atoms with E-state index in [0.29, 0.717) is 49.7 Å². The number of fused-ring (bicyclic) bond motifs is 1. The zero-order chi connectivity index (χ0) is 17.9. The Balaban J connectivity index is 1.37. The van der Waals surface area contributed by atoms with E-state index in [2.05, 4.69) is 5.10 Å². The number of rotatable bonds is 4. The lowest BCUT2D eigenvalue weighted by atomic mass is 9.93. The molecule has 6 heteroatoms. The van der Waals surface area contributed by atoms with Crippen LogP contribution < -0.4 is 0 Å². The highest BCUT2D eigenvalue weighted by Gasteiger charge is 2.54. The maximum absolute atomic E-state index is 14.3. The molecule has 5 rings (SSSR count). The zero-order valence-electron chi connectivity index (χ0n) is 14.6. The van der Waals surface area contributed by atoms with Crippen LogP contribution >= 0.6 is 0 Å². The molecular formula is C20H22FN3O2. The molecule has 1 aromatic heterocycles. The Bertz CT molecular complexity index is 870. The van der Waals surface area contributed by atoms with E-state index in [-0.39, 0.29) is 11.7 Å². The van der Waals surface area contributed by atoms with Crippen LogP contribution in [0.3, 0.4) is 0 Å². The Morgan fingerprint density at radius 3 is 2.73 bits per heavy atom. The van der Waals surface area contributed by atoms with Gasteiger partial charge in [0.1, 0.15) is 11.9 Å². The smallest absolute Gasteiger partial charge is 0.233 e. The van der Waals surface area contributed by atoms with E-state index in [1.165, 1.54) is 6.07 Å². The van der Waals surface area contributed by atoms with Gasteiger partial charge in [-0.05, 0) is 43.7 Å². The van der Waals surface area contributed by atoms with E-state index in [9.17, 15) is 14.3 Å². The molecule has 3 aliphatic rings. The largest absolute Gasteiger partial charge is 0.386 e. The highest BCUT2D eigenvalue weighted by atomic mass is 19.1. The van der Waals surface area contributed by atoms with Gasteiger partial charge in [-0.1, -0.05) is 18.2 Å². The van der Waals surface area contributed by atoms with Crippen LogP contribution in [-0.2, 0) is 23.3 Å². The molecule has 0 bridgehead atoms. The van der Waals surface area contributed by atoms with Crippen LogP contribution in [0.15, 0.2) is 30.3 Å². The lowest BCUT2D eigenvalue weighted by Crippen LogP contribution is -2.44. The van der Waals surface area contributed by atoms with Gasteiger partial charge in [-0.25, -0.2) is 4.39 Å². The number of hydrogen-bond acceptors (Lipinski definition) is 3. The Hall–Kier alpha value is -2.21. The van der Waals surface area contributed by atoms with Crippen molar-refractivity contribution in [2.24, 2.45) is 5.92 Å². The minimum Gasteiger partial charge on any atom is -0.386 e. The number of aliphatic hydroxyl groups is 1. The van der Waals surface area contributed by atoms with Crippen LogP contribution in [0, 0.1) is 11.7 Å². The summed E-state index contributed by atoms with van der Waals surface area (Å²) in [6.45, 7) is 1.66. The predicted molar refractivity (Wildman–Crippen MR) is 92.6 cm³/mol. The number of aromatic nitrogens is 2. The van der Waals surface area contributed by atoms with Gasteiger partial charge >= 0.3 is 0 Å². The standard InChI is InChI=1S/C20H22FN3O2/c21-16-4-2-1-3-15(16)20(7-8-20)19(26)23-9-10-24-14(12-23)11-17(22-24)18(25)13-5-6-13/h1-4,11,13,18,25H,5-10,12H2/t18-/m0/s1. The molecule has 5 nitrogen and oxygen atoms in total. The van der Waals surface area contributed by atoms with Crippen molar-refractivity contribution in [3.8, 4) is 0 Å². The van der Waals surface area contributed by atoms with Crippen LogP contribution in [0.25, 0.3) is 0 Å². The molecule has 1 amide bonds. The first-order chi connectivity index (χ1) is 12.6. The molecule has 0 saturated heterocycles. The minimum atomic E-state index is -0.691. The van der Waals surface area contributed by atoms with Gasteiger partial charge in [-0.2, -0.15) is 5.10 Å². The van der Waals surface area contributed by atoms with E-state index in [4.69, 9.17) is 0 Å². The van der Waals surface area contributed by atoms with Gasteiger partial charge in [-0.15, -0.1) is 0 Å². The molecule has 1 N–H and O–H groups in total. The third-order valence-electron chi connectivity index (χ3n) is 6.02. The number of amides is 1. The van der Waals surface area contributed by atoms with Crippen molar-refractivity contribution in [3.63, 3.8) is 0 Å². The van der Waals surface area contributed by atoms with Crippen molar-refractivity contribution >= 4 is 5.91 Å². The fourth-order valence-corrected chi connectivity index (χ4v) is 4.14. The van der Waals surface area contributed by atoms with Gasteiger partial charge < -0.3 is 10.0 Å². The maximum Gasteiger partial charge on any atom is 0.233 e. The topological polar surface area (TPSA) is 58.4 Å². The first kappa shape index (κ1) is 16.0. The molecule has 1 aromatic carbocycles. The van der Waals surface area contributed by atoms with E-state index >= 15 is 0 Å². The second kappa shape index (κ2) is 5.64. The van der Waals surface area contributed by atoms with Gasteiger partial charge in [-0.3, -0.25) is 9.48 Å². The molecule has 2 aromatic rings. The summed E-state index contributed by atoms with van der Waals surface area (Å²) in [4.78, 5) is 15.0. The molecule has 1 atom stereocenters. The third kappa shape index (κ3) is 2.47. The summed E-state index contributed by atoms with van der Waals surface area (Å²) in [5.74, 6) is 0.0510. The summed E-state index contributed by atoms with van der Waals surface area (Å²) in [6.07, 6.45) is 3.02. The number of benzene rings is 1. The van der Waals surface area contributed by atoms with Crippen molar-refractivity contribution in [3.05, 3.63) is 53.1 Å². The summed E-state index contributed by atoms with van der Waals surface area (Å²) >= 11 is 0. The van der Waals surface area contributed by atoms with E-state index < -0.39 is 11.5 Å². The van der Waals surface area contributed by atoms with Gasteiger partial charge in [0, 0.05) is 12.1 Å². The van der Waals surface area contributed by atoms with Crippen LogP contribution in [0.5, 0.6) is 0 Å². The number of hydrogen-bond donors (Lipinski definition) is 1. The molecule has 2 aliphatic carbocycles. The summed E-state index contributed by atoms with van der Waals surface area (Å²) in [5.41, 5.74) is 1.49. The van der Waals surface area contributed by atoms with Gasteiger partial charge in [0.05, 0.1) is 29.9 Å². The lowest BCUT2D eigenvalue weighted by molar-refractivity contribution is -0.135. The van der Waals surface area contributed by atoms with Crippen LogP contribution in [0.1, 0.15) is 48.7 Å². The normalized spacial score (nSPS) is 22.0. The van der Waals surface area contributed by atoms with Crippen molar-refractivity contribution in [2.75, 3.05) is 6.54 Å². The minimum absolute atomic E-state index is 0.0133. The molecule has 0 spiro atoms. The van der Waals surface area contributed by atoms with Crippen LogP contribution in [0.2, 0.25) is 0 Å². The number of carbonyl (C=O) groups excluding carboxylic acids is 1. The predicted octanol–water partition coefficient (Wildman–Crippen LogP) is 2.54. The van der Waals surface area contributed by atoms with Crippen LogP contribution in [0.4, 0.5) is 4.39 Å². The quantitative estimate of drug-likeness (QED) is 0.917. The molecule has 2 saturated carbocycles. The Kier molecular flexibility index (Phi) is 3.47. The first-order valence-corrected chi connectivity index (χ1v) is 9.37. The summed E-state index contributed by atoms with van der Waals surface area (Å²) in [6, 6.07) is 8.54. The second-order valence-corrected chi connectivity index (χ2v) is 7.85. The fourth-order valence-electron chi connectivity index (χ4n) is 4.14. The molecular weight excluding hydrogens is 333 g/mol. The lowest BCUT2D eigenvalue weighted by Gasteiger charge is -2.31. The number of aliphatic hydroxyl groups excluding tert-OH is 1. The summed E-state index contributed by atoms with van der Waals surface area (Å²) < 4.78 is 16.1. The average Bonchev–Trinajstić information content (AvgIpc) is 3.57. The SMILES string of the molecule is O=C(N1CCn2nc([C@@H](O)C3CC3)cc2C1)C1(c2ccccc2F)CC1. The summed E-state index contributed by atoms with van der Waals surface area (Å²) in [7, 11) is 0. The summed E-state index contributed by atoms with van der Waals surface area (Å²) in [5, 5.41) is 14.8. The molecule has 0 radical (unpaired) electrons. The van der Waals surface area contributed by atoms with E-state index in [0.717, 1.165) is 18.5 Å². The molecule has 2 heterocycles. The van der Waals surface area contributed by atoms with E-state index in [1.54, 1.807) is 18.2 Å². The van der Waals surface area contributed by atoms with Crippen molar-refractivity contribution in [2.45, 2.75) is 50.3 Å². The fraction of sp³-hybridized carbons (Fsp3) is 0.500. The Labute approximate surface area is 151 Å². The molecule has 136 valence electrons. The van der Waals surface area contributed by atoms with Crippen molar-refractivity contribution < 1.29 is 14.3 Å². The number of carbonyl (C=O) groups is 1. The molecule has 26 heavy (non-hydrogen) atoms. The average molecular weight is 355 g/mol. The van der Waals surface area contributed by atoms with Crippen molar-refractivity contribution in [1.29, 1.82) is 0 Å². The molecule has 0 unspecified atom stereocenters. The van der Waals surface area contributed by atoms with Crippen molar-refractivity contribution in [1.82, 2.24) is 14.7 Å². The van der Waals surface area contributed by atoms with E-state index in [1.807, 2.05) is 15.6 Å². The van der Waals surface area contributed by atoms with Crippen LogP contribution in [-0.4, -0.2) is 32.2 Å². The van der Waals surface area contributed by atoms with Gasteiger partial charge in [0.25, 0.3) is 0 Å². The monoisotopic (exact) mass is 355 g/mol. The van der Waals surface area contributed by atoms with Gasteiger partial charge in [0.15, 0.2) is 0 Å². The second-order valence-electron chi connectivity index (χ2n) is 7.85.